The molecule has 0 atom stereocenters. The maximum Gasteiger partial charge on any atom is 0.343 e. The Morgan fingerprint density at radius 2 is 1.65 bits per heavy atom. The van der Waals surface area contributed by atoms with Crippen LogP contribution in [0.1, 0.15) is 21.5 Å². The van der Waals surface area contributed by atoms with Gasteiger partial charge in [0.05, 0.1) is 7.11 Å². The molecule has 0 radical (unpaired) electrons. The van der Waals surface area contributed by atoms with Crippen molar-refractivity contribution >= 4 is 17.8 Å². The summed E-state index contributed by atoms with van der Waals surface area (Å²) in [6.45, 7) is 1.85. The van der Waals surface area contributed by atoms with Crippen LogP contribution >= 0.6 is 0 Å². The number of carbonyl (C=O) groups is 2. The Balaban J connectivity index is 1.96. The zero-order chi connectivity index (χ0) is 16.7. The Bertz CT molecular complexity index is 697. The van der Waals surface area contributed by atoms with Crippen molar-refractivity contribution in [2.24, 2.45) is 0 Å². The minimum atomic E-state index is -0.433. The number of hydrogen-bond donors (Lipinski definition) is 0. The molecule has 0 bridgehead atoms. The molecule has 0 saturated carbocycles. The summed E-state index contributed by atoms with van der Waals surface area (Å²) in [7, 11) is 1.31. The summed E-state index contributed by atoms with van der Waals surface area (Å²) in [4.78, 5) is 23.0. The van der Waals surface area contributed by atoms with Crippen molar-refractivity contribution in [2.45, 2.75) is 6.92 Å². The van der Waals surface area contributed by atoms with Gasteiger partial charge in [0.1, 0.15) is 5.75 Å². The van der Waals surface area contributed by atoms with E-state index in [1.165, 1.54) is 13.2 Å². The van der Waals surface area contributed by atoms with Gasteiger partial charge in [0.25, 0.3) is 0 Å². The summed E-state index contributed by atoms with van der Waals surface area (Å²) in [5.74, 6) is 0.0890. The zero-order valence-electron chi connectivity index (χ0n) is 13.1. The Hall–Kier alpha value is -2.88. The predicted molar refractivity (Wildman–Crippen MR) is 88.5 cm³/mol. The number of benzene rings is 2. The maximum absolute atomic E-state index is 12.0. The molecule has 2 aromatic rings. The van der Waals surface area contributed by atoms with E-state index in [1.807, 2.05) is 43.3 Å². The standard InChI is InChI=1S/C19H18O4/c1-14-3-8-16(9-4-14)18(20)12-7-15-5-10-17(11-6-15)23-13-19(21)22-2/h3-12H,13H2,1-2H3/b12-7+. The molecule has 0 aromatic heterocycles. The number of methoxy groups -OCH3 is 1. The minimum absolute atomic E-state index is 0.0454. The molecule has 0 aliphatic carbocycles. The third-order valence-corrected chi connectivity index (χ3v) is 3.23. The van der Waals surface area contributed by atoms with Crippen LogP contribution in [0.5, 0.6) is 5.75 Å². The zero-order valence-corrected chi connectivity index (χ0v) is 13.1. The predicted octanol–water partition coefficient (Wildman–Crippen LogP) is 3.44. The van der Waals surface area contributed by atoms with Crippen molar-refractivity contribution in [2.75, 3.05) is 13.7 Å². The maximum atomic E-state index is 12.0. The lowest BCUT2D eigenvalue weighted by molar-refractivity contribution is -0.142. The second-order valence-electron chi connectivity index (χ2n) is 5.00. The van der Waals surface area contributed by atoms with E-state index in [0.29, 0.717) is 11.3 Å². The highest BCUT2D eigenvalue weighted by atomic mass is 16.6. The highest BCUT2D eigenvalue weighted by molar-refractivity contribution is 6.06. The summed E-state index contributed by atoms with van der Waals surface area (Å²) in [6.07, 6.45) is 3.28. The number of hydrogen-bond acceptors (Lipinski definition) is 4. The Morgan fingerprint density at radius 1 is 1.00 bits per heavy atom. The van der Waals surface area contributed by atoms with Crippen LogP contribution in [0.2, 0.25) is 0 Å². The summed E-state index contributed by atoms with van der Waals surface area (Å²) < 4.78 is 9.75. The van der Waals surface area contributed by atoms with Crippen LogP contribution in [0, 0.1) is 6.92 Å². The smallest absolute Gasteiger partial charge is 0.343 e. The van der Waals surface area contributed by atoms with Crippen molar-refractivity contribution in [1.29, 1.82) is 0 Å². The first-order chi connectivity index (χ1) is 11.1. The van der Waals surface area contributed by atoms with Gasteiger partial charge in [-0.05, 0) is 30.7 Å². The van der Waals surface area contributed by atoms with E-state index < -0.39 is 5.97 Å². The van der Waals surface area contributed by atoms with E-state index >= 15 is 0 Å². The number of aryl methyl sites for hydroxylation is 1. The third kappa shape index (κ3) is 5.11. The molecule has 0 fully saturated rings. The lowest BCUT2D eigenvalue weighted by Gasteiger charge is -2.04. The fraction of sp³-hybridized carbons (Fsp3) is 0.158. The SMILES string of the molecule is COC(=O)COc1ccc(/C=C/C(=O)c2ccc(C)cc2)cc1. The van der Waals surface area contributed by atoms with Crippen molar-refractivity contribution in [3.8, 4) is 5.75 Å². The summed E-state index contributed by atoms with van der Waals surface area (Å²) >= 11 is 0. The van der Waals surface area contributed by atoms with Crippen LogP contribution in [0.15, 0.2) is 54.6 Å². The van der Waals surface area contributed by atoms with Gasteiger partial charge in [-0.1, -0.05) is 48.0 Å². The molecule has 0 amide bonds. The number of ether oxygens (including phenoxy) is 2. The Labute approximate surface area is 135 Å². The first-order valence-electron chi connectivity index (χ1n) is 7.17. The molecular formula is C19H18O4. The molecule has 0 aliphatic rings. The summed E-state index contributed by atoms with van der Waals surface area (Å²) in [5.41, 5.74) is 2.65. The van der Waals surface area contributed by atoms with Gasteiger partial charge < -0.3 is 9.47 Å². The van der Waals surface area contributed by atoms with Gasteiger partial charge in [0.15, 0.2) is 12.4 Å². The van der Waals surface area contributed by atoms with Gasteiger partial charge in [0.2, 0.25) is 0 Å². The van der Waals surface area contributed by atoms with Crippen LogP contribution < -0.4 is 4.74 Å². The molecule has 4 heteroatoms. The van der Waals surface area contributed by atoms with Crippen molar-refractivity contribution < 1.29 is 19.1 Å². The third-order valence-electron chi connectivity index (χ3n) is 3.23. The number of ketones is 1. The molecule has 2 aromatic carbocycles. The molecule has 0 spiro atoms. The van der Waals surface area contributed by atoms with E-state index in [-0.39, 0.29) is 12.4 Å². The van der Waals surface area contributed by atoms with E-state index in [4.69, 9.17) is 4.74 Å². The molecule has 0 unspecified atom stereocenters. The van der Waals surface area contributed by atoms with Crippen LogP contribution in [0.3, 0.4) is 0 Å². The molecule has 118 valence electrons. The molecule has 0 aliphatic heterocycles. The molecule has 0 saturated heterocycles. The Morgan fingerprint density at radius 3 is 2.26 bits per heavy atom. The molecule has 0 heterocycles. The first-order valence-corrected chi connectivity index (χ1v) is 7.17. The lowest BCUT2D eigenvalue weighted by atomic mass is 10.1. The monoisotopic (exact) mass is 310 g/mol. The average Bonchev–Trinajstić information content (AvgIpc) is 2.59. The molecule has 0 N–H and O–H groups in total. The lowest BCUT2D eigenvalue weighted by Crippen LogP contribution is -2.12. The van der Waals surface area contributed by atoms with Gasteiger partial charge in [-0.25, -0.2) is 4.79 Å². The quantitative estimate of drug-likeness (QED) is 0.466. The topological polar surface area (TPSA) is 52.6 Å². The van der Waals surface area contributed by atoms with Crippen LogP contribution in [0.4, 0.5) is 0 Å². The molecular weight excluding hydrogens is 292 g/mol. The first kappa shape index (κ1) is 16.5. The minimum Gasteiger partial charge on any atom is -0.482 e. The molecule has 2 rings (SSSR count). The van der Waals surface area contributed by atoms with Gasteiger partial charge >= 0.3 is 5.97 Å². The summed E-state index contributed by atoms with van der Waals surface area (Å²) in [6, 6.07) is 14.5. The van der Waals surface area contributed by atoms with Crippen molar-refractivity contribution in [3.63, 3.8) is 0 Å². The van der Waals surface area contributed by atoms with E-state index in [0.717, 1.165) is 11.1 Å². The van der Waals surface area contributed by atoms with Gasteiger partial charge in [-0.15, -0.1) is 0 Å². The van der Waals surface area contributed by atoms with E-state index in [2.05, 4.69) is 4.74 Å². The fourth-order valence-electron chi connectivity index (χ4n) is 1.86. The van der Waals surface area contributed by atoms with Gasteiger partial charge in [-0.3, -0.25) is 4.79 Å². The fourth-order valence-corrected chi connectivity index (χ4v) is 1.86. The normalized spacial score (nSPS) is 10.5. The number of carbonyl (C=O) groups excluding carboxylic acids is 2. The second kappa shape index (κ2) is 7.94. The van der Waals surface area contributed by atoms with Gasteiger partial charge in [0, 0.05) is 5.56 Å². The molecule has 4 nitrogen and oxygen atoms in total. The highest BCUT2D eigenvalue weighted by Crippen LogP contribution is 2.14. The second-order valence-corrected chi connectivity index (χ2v) is 5.00. The number of esters is 1. The largest absolute Gasteiger partial charge is 0.482 e. The Kier molecular flexibility index (Phi) is 5.69. The molecule has 23 heavy (non-hydrogen) atoms. The van der Waals surface area contributed by atoms with Gasteiger partial charge in [-0.2, -0.15) is 0 Å². The number of allylic oxidation sites excluding steroid dienone is 1. The van der Waals surface area contributed by atoms with E-state index in [9.17, 15) is 9.59 Å². The van der Waals surface area contributed by atoms with Crippen LogP contribution in [-0.4, -0.2) is 25.5 Å². The van der Waals surface area contributed by atoms with Crippen molar-refractivity contribution in [1.82, 2.24) is 0 Å². The van der Waals surface area contributed by atoms with Crippen LogP contribution in [-0.2, 0) is 9.53 Å². The highest BCUT2D eigenvalue weighted by Gasteiger charge is 2.02. The number of rotatable bonds is 6. The summed E-state index contributed by atoms with van der Waals surface area (Å²) in [5, 5.41) is 0. The van der Waals surface area contributed by atoms with Crippen LogP contribution in [0.25, 0.3) is 6.08 Å². The van der Waals surface area contributed by atoms with E-state index in [1.54, 1.807) is 18.2 Å². The van der Waals surface area contributed by atoms with Crippen molar-refractivity contribution in [3.05, 3.63) is 71.3 Å². The average molecular weight is 310 g/mol.